The molecule has 2 N–H and O–H groups in total. The fraction of sp³-hybridized carbons (Fsp3) is 0.300. The van der Waals surface area contributed by atoms with E-state index < -0.39 is 0 Å². The molecule has 3 nitrogen and oxygen atoms in total. The number of fused-ring (bicyclic) bond motifs is 1. The summed E-state index contributed by atoms with van der Waals surface area (Å²) in [5.74, 6) is 0. The van der Waals surface area contributed by atoms with E-state index in [-0.39, 0.29) is 6.61 Å². The second-order valence-corrected chi connectivity index (χ2v) is 3.10. The molecule has 68 valence electrons. The van der Waals surface area contributed by atoms with E-state index in [1.165, 1.54) is 5.56 Å². The molecule has 2 aromatic heterocycles. The number of aromatic amines is 1. The Labute approximate surface area is 76.4 Å². The van der Waals surface area contributed by atoms with Crippen LogP contribution in [0, 0.1) is 6.92 Å². The quantitative estimate of drug-likeness (QED) is 0.726. The van der Waals surface area contributed by atoms with Gasteiger partial charge in [-0.1, -0.05) is 0 Å². The van der Waals surface area contributed by atoms with Gasteiger partial charge in [0.2, 0.25) is 0 Å². The highest BCUT2D eigenvalue weighted by atomic mass is 16.2. The first kappa shape index (κ1) is 8.26. The van der Waals surface area contributed by atoms with Gasteiger partial charge in [-0.05, 0) is 31.0 Å². The number of aliphatic hydroxyl groups is 1. The van der Waals surface area contributed by atoms with Crippen molar-refractivity contribution < 1.29 is 5.11 Å². The van der Waals surface area contributed by atoms with Crippen molar-refractivity contribution in [1.82, 2.24) is 9.97 Å². The maximum absolute atomic E-state index is 8.89. The Balaban J connectivity index is 2.64. The van der Waals surface area contributed by atoms with E-state index in [4.69, 9.17) is 5.11 Å². The Bertz CT molecular complexity index is 420. The molecule has 2 heterocycles. The van der Waals surface area contributed by atoms with Crippen molar-refractivity contribution in [2.75, 3.05) is 6.61 Å². The van der Waals surface area contributed by atoms with Crippen molar-refractivity contribution >= 4 is 11.0 Å². The van der Waals surface area contributed by atoms with Gasteiger partial charge in [0.1, 0.15) is 5.65 Å². The van der Waals surface area contributed by atoms with Crippen LogP contribution in [0.2, 0.25) is 0 Å². The van der Waals surface area contributed by atoms with Crippen molar-refractivity contribution in [3.05, 3.63) is 29.6 Å². The average molecular weight is 176 g/mol. The lowest BCUT2D eigenvalue weighted by atomic mass is 10.1. The molecule has 0 aromatic carbocycles. The molecular weight excluding hydrogens is 164 g/mol. The Morgan fingerprint density at radius 2 is 2.38 bits per heavy atom. The lowest BCUT2D eigenvalue weighted by Crippen LogP contribution is -1.91. The number of nitrogens with zero attached hydrogens (tertiary/aromatic N) is 1. The van der Waals surface area contributed by atoms with Crippen molar-refractivity contribution in [3.8, 4) is 0 Å². The summed E-state index contributed by atoms with van der Waals surface area (Å²) in [6.45, 7) is 2.19. The number of aromatic nitrogens is 2. The Morgan fingerprint density at radius 3 is 3.15 bits per heavy atom. The second kappa shape index (κ2) is 3.18. The van der Waals surface area contributed by atoms with Crippen molar-refractivity contribution in [2.24, 2.45) is 0 Å². The second-order valence-electron chi connectivity index (χ2n) is 3.10. The van der Waals surface area contributed by atoms with Gasteiger partial charge >= 0.3 is 0 Å². The van der Waals surface area contributed by atoms with Crippen LogP contribution >= 0.6 is 0 Å². The number of aryl methyl sites for hydroxylation is 1. The number of nitrogens with one attached hydrogen (secondary N) is 1. The molecule has 0 amide bonds. The molecule has 13 heavy (non-hydrogen) atoms. The summed E-state index contributed by atoms with van der Waals surface area (Å²) in [5.41, 5.74) is 3.18. The zero-order valence-electron chi connectivity index (χ0n) is 7.54. The predicted molar refractivity (Wildman–Crippen MR) is 51.6 cm³/mol. The molecule has 0 bridgehead atoms. The summed E-state index contributed by atoms with van der Waals surface area (Å²) in [6.07, 6.45) is 2.46. The normalized spacial score (nSPS) is 10.9. The van der Waals surface area contributed by atoms with Crippen LogP contribution in [-0.4, -0.2) is 21.7 Å². The Morgan fingerprint density at radius 1 is 1.54 bits per heavy atom. The largest absolute Gasteiger partial charge is 0.396 e. The lowest BCUT2D eigenvalue weighted by molar-refractivity contribution is 0.300. The Kier molecular flexibility index (Phi) is 2.02. The smallest absolute Gasteiger partial charge is 0.137 e. The third-order valence-corrected chi connectivity index (χ3v) is 2.25. The zero-order chi connectivity index (χ0) is 9.26. The minimum Gasteiger partial charge on any atom is -0.396 e. The van der Waals surface area contributed by atoms with Crippen molar-refractivity contribution in [1.29, 1.82) is 0 Å². The molecular formula is C10H12N2O. The monoisotopic (exact) mass is 176 g/mol. The van der Waals surface area contributed by atoms with Gasteiger partial charge in [0, 0.05) is 23.9 Å². The SMILES string of the molecule is Cc1[nH]c2ncccc2c1CCO. The summed E-state index contributed by atoms with van der Waals surface area (Å²) in [4.78, 5) is 7.40. The van der Waals surface area contributed by atoms with Crippen LogP contribution in [0.25, 0.3) is 11.0 Å². The fourth-order valence-electron chi connectivity index (χ4n) is 1.64. The molecule has 0 radical (unpaired) electrons. The van der Waals surface area contributed by atoms with Gasteiger partial charge in [-0.3, -0.25) is 0 Å². The van der Waals surface area contributed by atoms with E-state index in [1.807, 2.05) is 19.1 Å². The lowest BCUT2D eigenvalue weighted by Gasteiger charge is -1.96. The fourth-order valence-corrected chi connectivity index (χ4v) is 1.64. The zero-order valence-corrected chi connectivity index (χ0v) is 7.54. The first-order valence-electron chi connectivity index (χ1n) is 4.36. The van der Waals surface area contributed by atoms with Crippen LogP contribution in [-0.2, 0) is 6.42 Å². The van der Waals surface area contributed by atoms with E-state index in [9.17, 15) is 0 Å². The number of hydrogen-bond donors (Lipinski definition) is 2. The molecule has 0 spiro atoms. The summed E-state index contributed by atoms with van der Waals surface area (Å²) in [5, 5.41) is 10.0. The molecule has 0 aliphatic rings. The maximum Gasteiger partial charge on any atom is 0.137 e. The van der Waals surface area contributed by atoms with Gasteiger partial charge in [-0.2, -0.15) is 0 Å². The third kappa shape index (κ3) is 1.31. The van der Waals surface area contributed by atoms with Crippen LogP contribution in [0.15, 0.2) is 18.3 Å². The maximum atomic E-state index is 8.89. The molecule has 0 aliphatic heterocycles. The summed E-state index contributed by atoms with van der Waals surface area (Å²) in [7, 11) is 0. The van der Waals surface area contributed by atoms with Gasteiger partial charge in [0.15, 0.2) is 0 Å². The van der Waals surface area contributed by atoms with Crippen LogP contribution < -0.4 is 0 Å². The number of hydrogen-bond acceptors (Lipinski definition) is 2. The van der Waals surface area contributed by atoms with E-state index in [1.54, 1.807) is 6.20 Å². The van der Waals surface area contributed by atoms with Crippen LogP contribution in [0.5, 0.6) is 0 Å². The third-order valence-electron chi connectivity index (χ3n) is 2.25. The molecule has 0 saturated heterocycles. The summed E-state index contributed by atoms with van der Waals surface area (Å²) in [6, 6.07) is 3.94. The van der Waals surface area contributed by atoms with Gasteiger partial charge in [-0.25, -0.2) is 4.98 Å². The van der Waals surface area contributed by atoms with Crippen molar-refractivity contribution in [3.63, 3.8) is 0 Å². The number of H-pyrrole nitrogens is 1. The van der Waals surface area contributed by atoms with Gasteiger partial charge in [0.05, 0.1) is 0 Å². The highest BCUT2D eigenvalue weighted by Crippen LogP contribution is 2.19. The van der Waals surface area contributed by atoms with E-state index in [0.29, 0.717) is 6.42 Å². The molecule has 0 unspecified atom stereocenters. The molecule has 0 atom stereocenters. The molecule has 2 rings (SSSR count). The van der Waals surface area contributed by atoms with Gasteiger partial charge in [-0.15, -0.1) is 0 Å². The van der Waals surface area contributed by atoms with Gasteiger partial charge in [0.25, 0.3) is 0 Å². The average Bonchev–Trinajstić information content (AvgIpc) is 2.44. The van der Waals surface area contributed by atoms with Crippen LogP contribution in [0.3, 0.4) is 0 Å². The van der Waals surface area contributed by atoms with Gasteiger partial charge < -0.3 is 10.1 Å². The standard InChI is InChI=1S/C10H12N2O/c1-7-8(4-6-13)9-3-2-5-11-10(9)12-7/h2-3,5,13H,4,6H2,1H3,(H,11,12). The number of rotatable bonds is 2. The molecule has 0 fully saturated rings. The number of pyridine rings is 1. The minimum atomic E-state index is 0.183. The van der Waals surface area contributed by atoms with E-state index in [2.05, 4.69) is 9.97 Å². The highest BCUT2D eigenvalue weighted by molar-refractivity contribution is 5.81. The van der Waals surface area contributed by atoms with Crippen LogP contribution in [0.1, 0.15) is 11.3 Å². The summed E-state index contributed by atoms with van der Waals surface area (Å²) < 4.78 is 0. The predicted octanol–water partition coefficient (Wildman–Crippen LogP) is 1.41. The van der Waals surface area contributed by atoms with E-state index in [0.717, 1.165) is 16.7 Å². The summed E-state index contributed by atoms with van der Waals surface area (Å²) >= 11 is 0. The molecule has 0 aliphatic carbocycles. The first-order valence-corrected chi connectivity index (χ1v) is 4.36. The first-order chi connectivity index (χ1) is 6.33. The molecule has 0 saturated carbocycles. The topological polar surface area (TPSA) is 48.9 Å². The Hall–Kier alpha value is -1.35. The van der Waals surface area contributed by atoms with E-state index >= 15 is 0 Å². The highest BCUT2D eigenvalue weighted by Gasteiger charge is 2.06. The molecule has 2 aromatic rings. The van der Waals surface area contributed by atoms with Crippen LogP contribution in [0.4, 0.5) is 0 Å². The minimum absolute atomic E-state index is 0.183. The molecule has 3 heteroatoms. The number of aliphatic hydroxyl groups excluding tert-OH is 1. The van der Waals surface area contributed by atoms with Crippen molar-refractivity contribution in [2.45, 2.75) is 13.3 Å².